The lowest BCUT2D eigenvalue weighted by Crippen LogP contribution is -2.10. The van der Waals surface area contributed by atoms with E-state index in [0.29, 0.717) is 11.8 Å². The normalized spacial score (nSPS) is 9.94. The molecule has 0 saturated carbocycles. The number of ether oxygens (including phenoxy) is 1. The summed E-state index contributed by atoms with van der Waals surface area (Å²) in [6, 6.07) is 7.40. The molecule has 0 fully saturated rings. The number of hydrogen-bond donors (Lipinski definition) is 3. The van der Waals surface area contributed by atoms with Gasteiger partial charge in [0.05, 0.1) is 11.6 Å². The van der Waals surface area contributed by atoms with Crippen LogP contribution in [0.3, 0.4) is 0 Å². The van der Waals surface area contributed by atoms with Crippen LogP contribution >= 0.6 is 15.9 Å². The molecule has 0 aliphatic heterocycles. The van der Waals surface area contributed by atoms with E-state index in [9.17, 15) is 0 Å². The molecule has 1 heterocycles. The smallest absolute Gasteiger partial charge is 0.239 e. The SMILES string of the molecule is COc1ccc(Nc2ccnc(NN)n2)cc1Br. The summed E-state index contributed by atoms with van der Waals surface area (Å²) in [6.07, 6.45) is 1.61. The highest BCUT2D eigenvalue weighted by Crippen LogP contribution is 2.28. The number of anilines is 3. The third-order valence-electron chi connectivity index (χ3n) is 2.21. The number of hydrogen-bond acceptors (Lipinski definition) is 6. The molecule has 7 heteroatoms. The number of hydrazine groups is 1. The average molecular weight is 310 g/mol. The molecule has 1 aromatic heterocycles. The molecule has 0 saturated heterocycles. The van der Waals surface area contributed by atoms with Gasteiger partial charge in [0.15, 0.2) is 0 Å². The van der Waals surface area contributed by atoms with Crippen LogP contribution in [0.25, 0.3) is 0 Å². The van der Waals surface area contributed by atoms with E-state index in [2.05, 4.69) is 36.6 Å². The number of nitrogens with two attached hydrogens (primary N) is 1. The number of methoxy groups -OCH3 is 1. The summed E-state index contributed by atoms with van der Waals surface area (Å²) < 4.78 is 6.02. The van der Waals surface area contributed by atoms with Gasteiger partial charge in [0.25, 0.3) is 0 Å². The van der Waals surface area contributed by atoms with Gasteiger partial charge in [-0.3, -0.25) is 5.43 Å². The first kappa shape index (κ1) is 12.6. The van der Waals surface area contributed by atoms with Crippen molar-refractivity contribution in [3.63, 3.8) is 0 Å². The lowest BCUT2D eigenvalue weighted by Gasteiger charge is -2.09. The van der Waals surface area contributed by atoms with E-state index in [1.807, 2.05) is 18.2 Å². The van der Waals surface area contributed by atoms with Gasteiger partial charge in [0.1, 0.15) is 11.6 Å². The van der Waals surface area contributed by atoms with E-state index < -0.39 is 0 Å². The van der Waals surface area contributed by atoms with Crippen LogP contribution < -0.4 is 21.3 Å². The molecule has 94 valence electrons. The molecule has 0 aliphatic rings. The number of rotatable bonds is 4. The van der Waals surface area contributed by atoms with Crippen LogP contribution in [0, 0.1) is 0 Å². The third kappa shape index (κ3) is 2.88. The standard InChI is InChI=1S/C11H12BrN5O/c1-18-9-3-2-7(6-8(9)12)15-10-4-5-14-11(16-10)17-13/h2-6H,13H2,1H3,(H2,14,15,16,17). The van der Waals surface area contributed by atoms with Crippen LogP contribution in [0.2, 0.25) is 0 Å². The number of halogens is 1. The molecule has 0 spiro atoms. The number of nitrogens with zero attached hydrogens (tertiary/aromatic N) is 2. The van der Waals surface area contributed by atoms with Crippen molar-refractivity contribution in [2.24, 2.45) is 5.84 Å². The molecule has 0 bridgehead atoms. The zero-order valence-corrected chi connectivity index (χ0v) is 11.2. The van der Waals surface area contributed by atoms with Crippen molar-refractivity contribution in [2.45, 2.75) is 0 Å². The highest BCUT2D eigenvalue weighted by Gasteiger charge is 2.03. The summed E-state index contributed by atoms with van der Waals surface area (Å²) in [5.74, 6) is 7.02. The van der Waals surface area contributed by atoms with Gasteiger partial charge in [-0.2, -0.15) is 4.98 Å². The minimum absolute atomic E-state index is 0.354. The molecule has 0 aliphatic carbocycles. The maximum absolute atomic E-state index is 5.25. The molecular weight excluding hydrogens is 298 g/mol. The van der Waals surface area contributed by atoms with Crippen molar-refractivity contribution in [1.29, 1.82) is 0 Å². The molecule has 0 unspecified atom stereocenters. The van der Waals surface area contributed by atoms with Gasteiger partial charge < -0.3 is 10.1 Å². The van der Waals surface area contributed by atoms with Gasteiger partial charge in [-0.15, -0.1) is 0 Å². The molecule has 18 heavy (non-hydrogen) atoms. The van der Waals surface area contributed by atoms with Crippen molar-refractivity contribution < 1.29 is 4.74 Å². The second-order valence-electron chi connectivity index (χ2n) is 3.38. The number of nitrogens with one attached hydrogen (secondary N) is 2. The van der Waals surface area contributed by atoms with E-state index >= 15 is 0 Å². The van der Waals surface area contributed by atoms with E-state index in [4.69, 9.17) is 10.6 Å². The predicted molar refractivity (Wildman–Crippen MR) is 73.8 cm³/mol. The van der Waals surface area contributed by atoms with Gasteiger partial charge >= 0.3 is 0 Å². The second-order valence-corrected chi connectivity index (χ2v) is 4.24. The Morgan fingerprint density at radius 3 is 2.83 bits per heavy atom. The molecule has 2 aromatic rings. The maximum Gasteiger partial charge on any atom is 0.239 e. The van der Waals surface area contributed by atoms with Crippen molar-refractivity contribution >= 4 is 33.4 Å². The minimum atomic E-state index is 0.354. The molecule has 0 amide bonds. The van der Waals surface area contributed by atoms with E-state index in [0.717, 1.165) is 15.9 Å². The molecule has 1 aromatic carbocycles. The first-order valence-electron chi connectivity index (χ1n) is 5.13. The molecular formula is C11H12BrN5O. The van der Waals surface area contributed by atoms with Gasteiger partial charge in [-0.05, 0) is 40.2 Å². The monoisotopic (exact) mass is 309 g/mol. The van der Waals surface area contributed by atoms with Gasteiger partial charge in [-0.1, -0.05) is 0 Å². The lowest BCUT2D eigenvalue weighted by atomic mass is 10.3. The van der Waals surface area contributed by atoms with Gasteiger partial charge in [0.2, 0.25) is 5.95 Å². The summed E-state index contributed by atoms with van der Waals surface area (Å²) in [5, 5.41) is 3.14. The highest BCUT2D eigenvalue weighted by atomic mass is 79.9. The van der Waals surface area contributed by atoms with Crippen LogP contribution in [0.4, 0.5) is 17.5 Å². The Morgan fingerprint density at radius 2 is 2.17 bits per heavy atom. The zero-order chi connectivity index (χ0) is 13.0. The fraction of sp³-hybridized carbons (Fsp3) is 0.0909. The zero-order valence-electron chi connectivity index (χ0n) is 9.64. The Kier molecular flexibility index (Phi) is 3.96. The topological polar surface area (TPSA) is 85.1 Å². The number of nitrogen functional groups attached to an aromatic ring is 1. The fourth-order valence-electron chi connectivity index (χ4n) is 1.39. The van der Waals surface area contributed by atoms with E-state index in [-0.39, 0.29) is 0 Å². The first-order chi connectivity index (χ1) is 8.72. The summed E-state index contributed by atoms with van der Waals surface area (Å²) in [6.45, 7) is 0. The second kappa shape index (κ2) is 5.65. The Hall–Kier alpha value is -1.86. The lowest BCUT2D eigenvalue weighted by molar-refractivity contribution is 0.412. The Morgan fingerprint density at radius 1 is 1.33 bits per heavy atom. The molecule has 2 rings (SSSR count). The van der Waals surface area contributed by atoms with Gasteiger partial charge in [0, 0.05) is 11.9 Å². The van der Waals surface area contributed by atoms with Crippen LogP contribution in [0.5, 0.6) is 5.75 Å². The summed E-state index contributed by atoms with van der Waals surface area (Å²) in [7, 11) is 1.62. The third-order valence-corrected chi connectivity index (χ3v) is 2.83. The summed E-state index contributed by atoms with van der Waals surface area (Å²) >= 11 is 3.42. The number of aromatic nitrogens is 2. The molecule has 0 radical (unpaired) electrons. The van der Waals surface area contributed by atoms with Crippen molar-refractivity contribution in [2.75, 3.05) is 17.9 Å². The largest absolute Gasteiger partial charge is 0.496 e. The fourth-order valence-corrected chi connectivity index (χ4v) is 1.93. The van der Waals surface area contributed by atoms with Crippen molar-refractivity contribution in [1.82, 2.24) is 9.97 Å². The van der Waals surface area contributed by atoms with Crippen LogP contribution in [0.1, 0.15) is 0 Å². The predicted octanol–water partition coefficient (Wildman–Crippen LogP) is 2.28. The Bertz CT molecular complexity index is 549. The first-order valence-corrected chi connectivity index (χ1v) is 5.92. The Labute approximate surface area is 113 Å². The average Bonchev–Trinajstić information content (AvgIpc) is 2.39. The van der Waals surface area contributed by atoms with Crippen molar-refractivity contribution in [3.8, 4) is 5.75 Å². The summed E-state index contributed by atoms with van der Waals surface area (Å²) in [4.78, 5) is 8.08. The van der Waals surface area contributed by atoms with Crippen LogP contribution in [0.15, 0.2) is 34.9 Å². The van der Waals surface area contributed by atoms with Crippen molar-refractivity contribution in [3.05, 3.63) is 34.9 Å². The molecule has 0 atom stereocenters. The molecule has 6 nitrogen and oxygen atoms in total. The van der Waals surface area contributed by atoms with Crippen LogP contribution in [-0.2, 0) is 0 Å². The van der Waals surface area contributed by atoms with Crippen LogP contribution in [-0.4, -0.2) is 17.1 Å². The maximum atomic E-state index is 5.25. The van der Waals surface area contributed by atoms with E-state index in [1.165, 1.54) is 0 Å². The summed E-state index contributed by atoms with van der Waals surface area (Å²) in [5.41, 5.74) is 3.27. The highest BCUT2D eigenvalue weighted by molar-refractivity contribution is 9.10. The van der Waals surface area contributed by atoms with Gasteiger partial charge in [-0.25, -0.2) is 10.8 Å². The quantitative estimate of drug-likeness (QED) is 0.593. The number of benzene rings is 1. The van der Waals surface area contributed by atoms with E-state index in [1.54, 1.807) is 19.4 Å². The molecule has 4 N–H and O–H groups in total. The minimum Gasteiger partial charge on any atom is -0.496 e. The Balaban J connectivity index is 2.20.